The summed E-state index contributed by atoms with van der Waals surface area (Å²) in [5.74, 6) is 0.387. The molecule has 0 unspecified atom stereocenters. The second kappa shape index (κ2) is 6.99. The standard InChI is InChI=1S/C14H22N2O3/c1-14(2,6-7-17)10-16-13(18)9-19-12-5-3-4-11(15)8-12/h3-5,8,17H,6-7,9-10,15H2,1-2H3,(H,16,18). The van der Waals surface area contributed by atoms with E-state index in [2.05, 4.69) is 5.32 Å². The molecule has 5 nitrogen and oxygen atoms in total. The van der Waals surface area contributed by atoms with Gasteiger partial charge in [-0.1, -0.05) is 19.9 Å². The van der Waals surface area contributed by atoms with Crippen molar-refractivity contribution in [2.24, 2.45) is 5.41 Å². The lowest BCUT2D eigenvalue weighted by Gasteiger charge is -2.23. The summed E-state index contributed by atoms with van der Waals surface area (Å²) in [6.45, 7) is 4.55. The van der Waals surface area contributed by atoms with Gasteiger partial charge < -0.3 is 20.9 Å². The van der Waals surface area contributed by atoms with Crippen LogP contribution < -0.4 is 15.8 Å². The molecule has 0 saturated heterocycles. The highest BCUT2D eigenvalue weighted by molar-refractivity contribution is 5.77. The Hall–Kier alpha value is -1.75. The Morgan fingerprint density at radius 3 is 2.84 bits per heavy atom. The molecule has 5 heteroatoms. The average molecular weight is 266 g/mol. The second-order valence-electron chi connectivity index (χ2n) is 5.28. The Kier molecular flexibility index (Phi) is 5.63. The fourth-order valence-corrected chi connectivity index (χ4v) is 1.53. The van der Waals surface area contributed by atoms with Crippen LogP contribution in [0.2, 0.25) is 0 Å². The molecule has 0 fully saturated rings. The monoisotopic (exact) mass is 266 g/mol. The Morgan fingerprint density at radius 1 is 1.47 bits per heavy atom. The SMILES string of the molecule is CC(C)(CCO)CNC(=O)COc1cccc(N)c1. The first-order chi connectivity index (χ1) is 8.93. The predicted molar refractivity (Wildman–Crippen MR) is 74.8 cm³/mol. The van der Waals surface area contributed by atoms with Crippen LogP contribution in [0.5, 0.6) is 5.75 Å². The third kappa shape index (κ3) is 6.10. The fourth-order valence-electron chi connectivity index (χ4n) is 1.53. The number of hydrogen-bond donors (Lipinski definition) is 3. The van der Waals surface area contributed by atoms with Crippen LogP contribution in [0.3, 0.4) is 0 Å². The first-order valence-corrected chi connectivity index (χ1v) is 6.29. The Labute approximate surface area is 113 Å². The number of rotatable bonds is 7. The highest BCUT2D eigenvalue weighted by Crippen LogP contribution is 2.18. The summed E-state index contributed by atoms with van der Waals surface area (Å²) in [5, 5.41) is 11.7. The van der Waals surface area contributed by atoms with E-state index in [4.69, 9.17) is 15.6 Å². The minimum atomic E-state index is -0.187. The van der Waals surface area contributed by atoms with Crippen molar-refractivity contribution >= 4 is 11.6 Å². The molecule has 1 aromatic carbocycles. The molecule has 0 aliphatic heterocycles. The number of carbonyl (C=O) groups excluding carboxylic acids is 1. The molecule has 1 aromatic rings. The van der Waals surface area contributed by atoms with Crippen LogP contribution in [0.15, 0.2) is 24.3 Å². The molecule has 0 radical (unpaired) electrons. The number of nitrogens with two attached hydrogens (primary N) is 1. The molecule has 0 bridgehead atoms. The predicted octanol–water partition coefficient (Wildman–Crippen LogP) is 1.17. The van der Waals surface area contributed by atoms with E-state index in [0.29, 0.717) is 24.4 Å². The molecule has 0 aromatic heterocycles. The van der Waals surface area contributed by atoms with Crippen molar-refractivity contribution < 1.29 is 14.6 Å². The third-order valence-corrected chi connectivity index (χ3v) is 2.78. The van der Waals surface area contributed by atoms with Crippen molar-refractivity contribution in [3.05, 3.63) is 24.3 Å². The van der Waals surface area contributed by atoms with E-state index in [1.54, 1.807) is 24.3 Å². The molecule has 106 valence electrons. The first kappa shape index (κ1) is 15.3. The molecule has 0 saturated carbocycles. The van der Waals surface area contributed by atoms with Crippen molar-refractivity contribution in [1.29, 1.82) is 0 Å². The molecule has 1 amide bonds. The van der Waals surface area contributed by atoms with Gasteiger partial charge in [-0.2, -0.15) is 0 Å². The van der Waals surface area contributed by atoms with Gasteiger partial charge in [-0.25, -0.2) is 0 Å². The molecule has 0 aliphatic carbocycles. The zero-order valence-corrected chi connectivity index (χ0v) is 11.5. The Balaban J connectivity index is 2.32. The van der Waals surface area contributed by atoms with Crippen LogP contribution >= 0.6 is 0 Å². The molecule has 0 heterocycles. The van der Waals surface area contributed by atoms with Crippen molar-refractivity contribution in [3.8, 4) is 5.75 Å². The number of nitrogen functional groups attached to an aromatic ring is 1. The van der Waals surface area contributed by atoms with Gasteiger partial charge in [-0.05, 0) is 24.0 Å². The maximum absolute atomic E-state index is 11.6. The van der Waals surface area contributed by atoms with Crippen LogP contribution in [0.25, 0.3) is 0 Å². The van der Waals surface area contributed by atoms with E-state index in [0.717, 1.165) is 0 Å². The summed E-state index contributed by atoms with van der Waals surface area (Å²) in [5.41, 5.74) is 6.09. The van der Waals surface area contributed by atoms with Gasteiger partial charge in [0.2, 0.25) is 0 Å². The molecule has 0 spiro atoms. The smallest absolute Gasteiger partial charge is 0.257 e. The lowest BCUT2D eigenvalue weighted by atomic mass is 9.90. The van der Waals surface area contributed by atoms with Gasteiger partial charge in [0.25, 0.3) is 5.91 Å². The van der Waals surface area contributed by atoms with Gasteiger partial charge in [-0.3, -0.25) is 4.79 Å². The number of aliphatic hydroxyl groups is 1. The van der Waals surface area contributed by atoms with Crippen LogP contribution in [-0.4, -0.2) is 30.8 Å². The van der Waals surface area contributed by atoms with Crippen LogP contribution in [0, 0.1) is 5.41 Å². The second-order valence-corrected chi connectivity index (χ2v) is 5.28. The zero-order valence-electron chi connectivity index (χ0n) is 11.5. The van der Waals surface area contributed by atoms with Gasteiger partial charge in [0.15, 0.2) is 6.61 Å². The van der Waals surface area contributed by atoms with Crippen LogP contribution in [0.1, 0.15) is 20.3 Å². The molecule has 0 aliphatic rings. The molecular weight excluding hydrogens is 244 g/mol. The largest absolute Gasteiger partial charge is 0.484 e. The number of ether oxygens (including phenoxy) is 1. The van der Waals surface area contributed by atoms with Crippen LogP contribution in [0.4, 0.5) is 5.69 Å². The van der Waals surface area contributed by atoms with Crippen molar-refractivity contribution in [2.45, 2.75) is 20.3 Å². The number of anilines is 1. The number of benzene rings is 1. The number of carbonyl (C=O) groups is 1. The van der Waals surface area contributed by atoms with E-state index in [9.17, 15) is 4.79 Å². The minimum Gasteiger partial charge on any atom is -0.484 e. The minimum absolute atomic E-state index is 0.0430. The van der Waals surface area contributed by atoms with Gasteiger partial charge >= 0.3 is 0 Å². The lowest BCUT2D eigenvalue weighted by molar-refractivity contribution is -0.123. The summed E-state index contributed by atoms with van der Waals surface area (Å²) >= 11 is 0. The molecule has 1 rings (SSSR count). The molecule has 19 heavy (non-hydrogen) atoms. The van der Waals surface area contributed by atoms with Gasteiger partial charge in [0, 0.05) is 24.9 Å². The van der Waals surface area contributed by atoms with E-state index in [1.165, 1.54) is 0 Å². The number of aliphatic hydroxyl groups excluding tert-OH is 1. The first-order valence-electron chi connectivity index (χ1n) is 6.29. The summed E-state index contributed by atoms with van der Waals surface area (Å²) in [4.78, 5) is 11.6. The van der Waals surface area contributed by atoms with Crippen LogP contribution in [-0.2, 0) is 4.79 Å². The molecular formula is C14H22N2O3. The van der Waals surface area contributed by atoms with Gasteiger partial charge in [0.1, 0.15) is 5.75 Å². The fraction of sp³-hybridized carbons (Fsp3) is 0.500. The van der Waals surface area contributed by atoms with Crippen molar-refractivity contribution in [2.75, 3.05) is 25.5 Å². The summed E-state index contributed by atoms with van der Waals surface area (Å²) in [7, 11) is 0. The Morgan fingerprint density at radius 2 is 2.21 bits per heavy atom. The quantitative estimate of drug-likeness (QED) is 0.647. The summed E-state index contributed by atoms with van der Waals surface area (Å²) < 4.78 is 5.33. The number of hydrogen-bond acceptors (Lipinski definition) is 4. The number of nitrogens with one attached hydrogen (secondary N) is 1. The molecule has 4 N–H and O–H groups in total. The van der Waals surface area contributed by atoms with E-state index >= 15 is 0 Å². The van der Waals surface area contributed by atoms with Crippen molar-refractivity contribution in [1.82, 2.24) is 5.32 Å². The van der Waals surface area contributed by atoms with E-state index in [-0.39, 0.29) is 24.5 Å². The number of amides is 1. The highest BCUT2D eigenvalue weighted by atomic mass is 16.5. The topological polar surface area (TPSA) is 84.6 Å². The van der Waals surface area contributed by atoms with E-state index in [1.807, 2.05) is 13.8 Å². The average Bonchev–Trinajstić information content (AvgIpc) is 2.34. The van der Waals surface area contributed by atoms with E-state index < -0.39 is 0 Å². The molecule has 0 atom stereocenters. The summed E-state index contributed by atoms with van der Waals surface area (Å²) in [6.07, 6.45) is 0.642. The summed E-state index contributed by atoms with van der Waals surface area (Å²) in [6, 6.07) is 6.94. The highest BCUT2D eigenvalue weighted by Gasteiger charge is 2.18. The van der Waals surface area contributed by atoms with Gasteiger partial charge in [0.05, 0.1) is 0 Å². The third-order valence-electron chi connectivity index (χ3n) is 2.78. The maximum Gasteiger partial charge on any atom is 0.257 e. The van der Waals surface area contributed by atoms with Gasteiger partial charge in [-0.15, -0.1) is 0 Å². The maximum atomic E-state index is 11.6. The lowest BCUT2D eigenvalue weighted by Crippen LogP contribution is -2.37. The normalized spacial score (nSPS) is 11.1. The zero-order chi connectivity index (χ0) is 14.3. The van der Waals surface area contributed by atoms with Crippen molar-refractivity contribution in [3.63, 3.8) is 0 Å². The Bertz CT molecular complexity index is 419.